The zero-order valence-electron chi connectivity index (χ0n) is 32.8. The average molecular weight is 755 g/mol. The number of aromatic nitrogens is 3. The molecule has 7 heterocycles. The van der Waals surface area contributed by atoms with Crippen molar-refractivity contribution in [3.8, 4) is 22.5 Å². The van der Waals surface area contributed by atoms with Gasteiger partial charge in [-0.2, -0.15) is 0 Å². The van der Waals surface area contributed by atoms with Gasteiger partial charge >= 0.3 is 5.97 Å². The van der Waals surface area contributed by atoms with E-state index in [1.165, 1.54) is 0 Å². The SMILES string of the molecule is CO[C@@H](C)c1ncccc1-c1c2c3cc(ccc3n1CCO[C@H]1CCOC(C)(C)C1)-c1coc(n1)C[C@H](N)C(=O)N1N[C@H](C(=O)OCC(C)(C)C2)C2CC1C2. The lowest BCUT2D eigenvalue weighted by Crippen LogP contribution is -2.71. The van der Waals surface area contributed by atoms with Crippen molar-refractivity contribution >= 4 is 22.8 Å². The number of hydrogen-bond donors (Lipinski definition) is 2. The highest BCUT2D eigenvalue weighted by atomic mass is 16.5. The summed E-state index contributed by atoms with van der Waals surface area (Å²) in [6.07, 6.45) is 7.13. The molecule has 8 bridgehead atoms. The molecule has 13 nitrogen and oxygen atoms in total. The summed E-state index contributed by atoms with van der Waals surface area (Å²) in [6, 6.07) is 8.90. The molecule has 1 aliphatic carbocycles. The molecule has 1 aromatic carbocycles. The molecular formula is C42H54N6O7. The third kappa shape index (κ3) is 7.44. The van der Waals surface area contributed by atoms with Crippen LogP contribution in [0, 0.1) is 11.3 Å². The van der Waals surface area contributed by atoms with Crippen molar-refractivity contribution < 1.29 is 33.0 Å². The molecule has 4 aromatic rings. The molecule has 3 aromatic heterocycles. The summed E-state index contributed by atoms with van der Waals surface area (Å²) in [5, 5.41) is 2.59. The van der Waals surface area contributed by atoms with Crippen molar-refractivity contribution in [2.45, 2.75) is 116 Å². The van der Waals surface area contributed by atoms with E-state index < -0.39 is 17.5 Å². The topological polar surface area (TPSA) is 156 Å². The van der Waals surface area contributed by atoms with Gasteiger partial charge in [0.1, 0.15) is 18.0 Å². The molecule has 4 fully saturated rings. The molecule has 4 aliphatic heterocycles. The van der Waals surface area contributed by atoms with E-state index in [0.717, 1.165) is 64.7 Å². The third-order valence-corrected chi connectivity index (χ3v) is 11.9. The van der Waals surface area contributed by atoms with Crippen LogP contribution >= 0.6 is 0 Å². The van der Waals surface area contributed by atoms with Crippen molar-refractivity contribution in [2.24, 2.45) is 17.1 Å². The van der Waals surface area contributed by atoms with E-state index >= 15 is 0 Å². The van der Waals surface area contributed by atoms with E-state index in [1.54, 1.807) is 24.6 Å². The highest BCUT2D eigenvalue weighted by Gasteiger charge is 2.51. The second-order valence-corrected chi connectivity index (χ2v) is 17.2. The van der Waals surface area contributed by atoms with Gasteiger partial charge in [-0.3, -0.25) is 19.6 Å². The van der Waals surface area contributed by atoms with Gasteiger partial charge in [-0.15, -0.1) is 0 Å². The first-order valence-electron chi connectivity index (χ1n) is 19.7. The largest absolute Gasteiger partial charge is 0.464 e. The van der Waals surface area contributed by atoms with Crippen LogP contribution in [0.5, 0.6) is 0 Å². The smallest absolute Gasteiger partial charge is 0.325 e. The van der Waals surface area contributed by atoms with Crippen molar-refractivity contribution in [2.75, 3.05) is 26.9 Å². The Kier molecular flexibility index (Phi) is 10.1. The number of nitrogens with two attached hydrogens (primary N) is 1. The number of methoxy groups -OCH3 is 1. The highest BCUT2D eigenvalue weighted by Crippen LogP contribution is 2.43. The lowest BCUT2D eigenvalue weighted by molar-refractivity contribution is -0.170. The summed E-state index contributed by atoms with van der Waals surface area (Å²) >= 11 is 0. The molecule has 3 N–H and O–H groups in total. The van der Waals surface area contributed by atoms with Crippen molar-refractivity contribution in [1.82, 2.24) is 25.0 Å². The van der Waals surface area contributed by atoms with E-state index in [-0.39, 0.29) is 54.7 Å². The van der Waals surface area contributed by atoms with Gasteiger partial charge in [0.15, 0.2) is 5.89 Å². The number of carbonyl (C=O) groups excluding carboxylic acids is 2. The van der Waals surface area contributed by atoms with E-state index in [2.05, 4.69) is 62.0 Å². The van der Waals surface area contributed by atoms with Crippen molar-refractivity contribution in [3.05, 3.63) is 59.9 Å². The number of carbonyl (C=O) groups is 2. The zero-order valence-corrected chi connectivity index (χ0v) is 32.8. The van der Waals surface area contributed by atoms with Crippen LogP contribution in [-0.2, 0) is 47.9 Å². The number of ether oxygens (including phenoxy) is 4. The average Bonchev–Trinajstić information content (AvgIpc) is 3.73. The molecule has 4 atom stereocenters. The number of benzene rings is 1. The molecule has 5 aliphatic rings. The second-order valence-electron chi connectivity index (χ2n) is 17.2. The first-order chi connectivity index (χ1) is 26.3. The maximum Gasteiger partial charge on any atom is 0.325 e. The van der Waals surface area contributed by atoms with Crippen LogP contribution in [0.25, 0.3) is 33.4 Å². The van der Waals surface area contributed by atoms with Gasteiger partial charge < -0.3 is 33.7 Å². The minimum absolute atomic E-state index is 0.00511. The fourth-order valence-corrected chi connectivity index (χ4v) is 8.82. The minimum atomic E-state index is -0.895. The molecule has 0 spiro atoms. The highest BCUT2D eigenvalue weighted by molar-refractivity contribution is 5.95. The number of nitrogens with one attached hydrogen (secondary N) is 1. The van der Waals surface area contributed by atoms with Crippen molar-refractivity contribution in [1.29, 1.82) is 0 Å². The summed E-state index contributed by atoms with van der Waals surface area (Å²) in [4.78, 5) is 37.0. The Morgan fingerprint density at radius 3 is 2.75 bits per heavy atom. The molecule has 1 amide bonds. The predicted molar refractivity (Wildman–Crippen MR) is 206 cm³/mol. The molecule has 294 valence electrons. The molecule has 1 saturated carbocycles. The Balaban J connectivity index is 1.25. The predicted octanol–water partition coefficient (Wildman–Crippen LogP) is 5.53. The fraction of sp³-hybridized carbons (Fsp3) is 0.571. The number of oxazole rings is 1. The van der Waals surface area contributed by atoms with Crippen LogP contribution in [0.2, 0.25) is 0 Å². The second kappa shape index (κ2) is 14.7. The Hall–Kier alpha value is -4.14. The number of hydrazine groups is 1. The number of rotatable bonds is 7. The number of hydrogen-bond acceptors (Lipinski definition) is 11. The zero-order chi connectivity index (χ0) is 38.6. The standard InChI is InChI=1S/C42H54N6O7/c1-24(51-6)36-29(8-7-12-44-36)38-31-21-41(2,3)23-54-40(50)37-26-16-27(17-26)48(46-37)39(49)32(43)19-35-45-33(22-53-35)25-9-10-34(30(31)18-25)47(38)13-15-52-28-11-14-55-42(4,5)20-28/h7-10,12,18,22,24,26-28,32,37,46H,11,13-17,19-21,23,43H2,1-6H3/t24-,26?,27?,28-,32-,37-/m0/s1. The van der Waals surface area contributed by atoms with E-state index in [9.17, 15) is 9.59 Å². The molecular weight excluding hydrogens is 700 g/mol. The van der Waals surface area contributed by atoms with Crippen LogP contribution in [-0.4, -0.2) is 88.2 Å². The maximum absolute atomic E-state index is 13.8. The number of cyclic esters (lactones) is 1. The van der Waals surface area contributed by atoms with Crippen LogP contribution in [0.3, 0.4) is 0 Å². The summed E-state index contributed by atoms with van der Waals surface area (Å²) < 4.78 is 32.8. The van der Waals surface area contributed by atoms with Crippen LogP contribution < -0.4 is 11.2 Å². The quantitative estimate of drug-likeness (QED) is 0.229. The van der Waals surface area contributed by atoms with Gasteiger partial charge in [0.05, 0.1) is 48.5 Å². The van der Waals surface area contributed by atoms with Gasteiger partial charge in [0.25, 0.3) is 5.91 Å². The summed E-state index contributed by atoms with van der Waals surface area (Å²) in [5.74, 6) is -0.171. The lowest BCUT2D eigenvalue weighted by atomic mass is 9.73. The lowest BCUT2D eigenvalue weighted by Gasteiger charge is -2.53. The molecule has 55 heavy (non-hydrogen) atoms. The normalized spacial score (nSPS) is 27.0. The first-order valence-corrected chi connectivity index (χ1v) is 19.7. The maximum atomic E-state index is 13.8. The third-order valence-electron chi connectivity index (χ3n) is 11.9. The van der Waals surface area contributed by atoms with Crippen molar-refractivity contribution in [3.63, 3.8) is 0 Å². The van der Waals surface area contributed by atoms with E-state index in [1.807, 2.05) is 13.0 Å². The van der Waals surface area contributed by atoms with E-state index in [4.69, 9.17) is 39.1 Å². The Morgan fingerprint density at radius 2 is 1.96 bits per heavy atom. The van der Waals surface area contributed by atoms with Gasteiger partial charge in [0, 0.05) is 72.8 Å². The fourth-order valence-electron chi connectivity index (χ4n) is 8.82. The Bertz CT molecular complexity index is 2070. The van der Waals surface area contributed by atoms with Gasteiger partial charge in [0.2, 0.25) is 0 Å². The van der Waals surface area contributed by atoms with Crippen LogP contribution in [0.4, 0.5) is 0 Å². The molecule has 0 radical (unpaired) electrons. The van der Waals surface area contributed by atoms with Gasteiger partial charge in [-0.05, 0) is 82.2 Å². The number of nitrogens with zero attached hydrogens (tertiary/aromatic N) is 4. The Labute approximate surface area is 322 Å². The Morgan fingerprint density at radius 1 is 1.15 bits per heavy atom. The summed E-state index contributed by atoms with van der Waals surface area (Å²) in [5.41, 5.74) is 15.4. The molecule has 0 unspecified atom stereocenters. The molecule has 3 saturated heterocycles. The number of fused-ring (bicyclic) bond motifs is 4. The van der Waals surface area contributed by atoms with Crippen LogP contribution in [0.15, 0.2) is 47.2 Å². The molecule has 9 rings (SSSR count). The number of amides is 1. The van der Waals surface area contributed by atoms with E-state index in [0.29, 0.717) is 37.8 Å². The van der Waals surface area contributed by atoms with Gasteiger partial charge in [-0.25, -0.2) is 10.4 Å². The summed E-state index contributed by atoms with van der Waals surface area (Å²) in [6.45, 7) is 12.5. The minimum Gasteiger partial charge on any atom is -0.464 e. The first kappa shape index (κ1) is 37.8. The number of pyridine rings is 1. The monoisotopic (exact) mass is 754 g/mol. The summed E-state index contributed by atoms with van der Waals surface area (Å²) in [7, 11) is 1.70. The number of esters is 1. The van der Waals surface area contributed by atoms with Gasteiger partial charge in [-0.1, -0.05) is 19.9 Å². The molecule has 13 heteroatoms. The van der Waals surface area contributed by atoms with Crippen LogP contribution in [0.1, 0.15) is 83.6 Å².